The highest BCUT2D eigenvalue weighted by molar-refractivity contribution is 7.96. The van der Waals surface area contributed by atoms with Gasteiger partial charge in [-0.25, -0.2) is 9.97 Å². The maximum atomic E-state index is 12.1. The first-order valence-corrected chi connectivity index (χ1v) is 14.6. The predicted molar refractivity (Wildman–Crippen MR) is 148 cm³/mol. The van der Waals surface area contributed by atoms with E-state index >= 15 is 0 Å². The Balaban J connectivity index is 1.25. The first kappa shape index (κ1) is 25.3. The van der Waals surface area contributed by atoms with Gasteiger partial charge in [-0.05, 0) is 81.5 Å². The molecule has 2 aliphatic heterocycles. The van der Waals surface area contributed by atoms with E-state index < -0.39 is 5.91 Å². The zero-order valence-electron chi connectivity index (χ0n) is 21.3. The predicted octanol–water partition coefficient (Wildman–Crippen LogP) is 4.28. The van der Waals surface area contributed by atoms with E-state index in [2.05, 4.69) is 49.1 Å². The monoisotopic (exact) mass is 509 g/mol. The minimum Gasteiger partial charge on any atom is -0.364 e. The summed E-state index contributed by atoms with van der Waals surface area (Å²) in [6.45, 7) is 4.21. The molecule has 2 aromatic rings. The maximum Gasteiger partial charge on any atom is 0.271 e. The van der Waals surface area contributed by atoms with E-state index in [4.69, 9.17) is 10.7 Å². The molecule has 36 heavy (non-hydrogen) atoms. The number of aromatic nitrogens is 2. The molecule has 1 saturated carbocycles. The second-order valence-corrected chi connectivity index (χ2v) is 11.0. The molecule has 5 rings (SSSR count). The molecule has 194 valence electrons. The average Bonchev–Trinajstić information content (AvgIpc) is 3.45. The molecule has 1 atom stereocenters. The van der Waals surface area contributed by atoms with E-state index in [1.165, 1.54) is 57.2 Å². The Morgan fingerprint density at radius 1 is 1.03 bits per heavy atom. The van der Waals surface area contributed by atoms with Gasteiger partial charge in [-0.2, -0.15) is 0 Å². The molecule has 1 unspecified atom stereocenters. The molecule has 1 amide bonds. The summed E-state index contributed by atoms with van der Waals surface area (Å²) >= 11 is 1.65. The SMILES string of the molecule is CSNC1CCCN(c2cnc(C(N)=O)c(Nc3ccc(C4CCN(C5CCCC5)CC4)cc3)n2)C1. The van der Waals surface area contributed by atoms with Crippen LogP contribution in [0.15, 0.2) is 30.5 Å². The Morgan fingerprint density at radius 2 is 1.78 bits per heavy atom. The molecule has 0 spiro atoms. The number of likely N-dealkylation sites (tertiary alicyclic amines) is 1. The van der Waals surface area contributed by atoms with Crippen molar-refractivity contribution in [1.82, 2.24) is 19.6 Å². The number of benzene rings is 1. The second-order valence-electron chi connectivity index (χ2n) is 10.4. The highest BCUT2D eigenvalue weighted by Crippen LogP contribution is 2.33. The molecular formula is C27H39N7OS. The van der Waals surface area contributed by atoms with E-state index in [1.54, 1.807) is 18.1 Å². The van der Waals surface area contributed by atoms with Crippen LogP contribution in [0.4, 0.5) is 17.3 Å². The Bertz CT molecular complexity index is 1020. The molecule has 1 aliphatic carbocycles. The second kappa shape index (κ2) is 11.8. The lowest BCUT2D eigenvalue weighted by atomic mass is 9.88. The summed E-state index contributed by atoms with van der Waals surface area (Å²) in [5, 5.41) is 3.31. The Morgan fingerprint density at radius 3 is 2.47 bits per heavy atom. The number of primary amides is 1. The fourth-order valence-corrected chi connectivity index (χ4v) is 6.62. The van der Waals surface area contributed by atoms with Gasteiger partial charge in [0.1, 0.15) is 5.82 Å². The van der Waals surface area contributed by atoms with Crippen LogP contribution in [-0.4, -0.2) is 65.3 Å². The van der Waals surface area contributed by atoms with Crippen LogP contribution in [0.2, 0.25) is 0 Å². The van der Waals surface area contributed by atoms with E-state index in [0.29, 0.717) is 17.8 Å². The Kier molecular flexibility index (Phi) is 8.29. The van der Waals surface area contributed by atoms with E-state index in [0.717, 1.165) is 43.5 Å². The van der Waals surface area contributed by atoms with Gasteiger partial charge in [-0.15, -0.1) is 0 Å². The van der Waals surface area contributed by atoms with Crippen molar-refractivity contribution in [2.24, 2.45) is 5.73 Å². The molecule has 9 heteroatoms. The summed E-state index contributed by atoms with van der Waals surface area (Å²) in [5.41, 5.74) is 8.07. The van der Waals surface area contributed by atoms with Crippen LogP contribution in [0.25, 0.3) is 0 Å². The van der Waals surface area contributed by atoms with Crippen LogP contribution in [0.5, 0.6) is 0 Å². The number of nitrogens with one attached hydrogen (secondary N) is 2. The first-order valence-electron chi connectivity index (χ1n) is 13.4. The van der Waals surface area contributed by atoms with Gasteiger partial charge >= 0.3 is 0 Å². The van der Waals surface area contributed by atoms with Crippen LogP contribution < -0.4 is 20.7 Å². The number of piperidine rings is 2. The summed E-state index contributed by atoms with van der Waals surface area (Å²) in [5.74, 6) is 1.21. The molecule has 1 aromatic heterocycles. The molecule has 4 N–H and O–H groups in total. The molecule has 2 saturated heterocycles. The van der Waals surface area contributed by atoms with Crippen molar-refractivity contribution in [3.63, 3.8) is 0 Å². The Labute approximate surface area is 218 Å². The third-order valence-electron chi connectivity index (χ3n) is 8.04. The molecule has 8 nitrogen and oxygen atoms in total. The summed E-state index contributed by atoms with van der Waals surface area (Å²) in [6.07, 6.45) is 14.0. The molecule has 1 aromatic carbocycles. The molecular weight excluding hydrogens is 470 g/mol. The minimum absolute atomic E-state index is 0.165. The van der Waals surface area contributed by atoms with Crippen LogP contribution in [0.1, 0.15) is 73.3 Å². The largest absolute Gasteiger partial charge is 0.364 e. The fraction of sp³-hybridized carbons (Fsp3) is 0.593. The van der Waals surface area contributed by atoms with Gasteiger partial charge in [0.2, 0.25) is 0 Å². The number of rotatable bonds is 8. The van der Waals surface area contributed by atoms with Crippen molar-refractivity contribution >= 4 is 35.2 Å². The molecule has 0 radical (unpaired) electrons. The highest BCUT2D eigenvalue weighted by atomic mass is 32.2. The molecule has 3 heterocycles. The summed E-state index contributed by atoms with van der Waals surface area (Å²) in [6, 6.07) is 9.81. The summed E-state index contributed by atoms with van der Waals surface area (Å²) in [7, 11) is 0. The number of hydrogen-bond donors (Lipinski definition) is 3. The number of nitrogens with zero attached hydrogens (tertiary/aromatic N) is 4. The van der Waals surface area contributed by atoms with Crippen LogP contribution in [0, 0.1) is 0 Å². The van der Waals surface area contributed by atoms with Crippen molar-refractivity contribution in [1.29, 1.82) is 0 Å². The van der Waals surface area contributed by atoms with Crippen molar-refractivity contribution < 1.29 is 4.79 Å². The van der Waals surface area contributed by atoms with Gasteiger partial charge in [0, 0.05) is 30.9 Å². The number of hydrogen-bond acceptors (Lipinski definition) is 8. The van der Waals surface area contributed by atoms with Crippen molar-refractivity contribution in [2.75, 3.05) is 42.7 Å². The van der Waals surface area contributed by atoms with Crippen molar-refractivity contribution in [3.8, 4) is 0 Å². The zero-order chi connectivity index (χ0) is 24.9. The first-order chi connectivity index (χ1) is 17.6. The van der Waals surface area contributed by atoms with Crippen LogP contribution in [0.3, 0.4) is 0 Å². The number of carbonyl (C=O) groups excluding carboxylic acids is 1. The lowest BCUT2D eigenvalue weighted by Crippen LogP contribution is -2.44. The zero-order valence-corrected chi connectivity index (χ0v) is 22.1. The standard InChI is InChI=1S/C27H39N7OS/c1-36-32-22-5-4-14-34(18-22)24-17-29-25(26(28)35)27(31-24)30-21-10-8-19(9-11-21)20-12-15-33(16-13-20)23-6-2-3-7-23/h8-11,17,20,22-23,32H,2-7,12-16,18H2,1H3,(H2,28,35)(H,30,31). The molecule has 3 aliphatic rings. The minimum atomic E-state index is -0.581. The van der Waals surface area contributed by atoms with Crippen molar-refractivity contribution in [2.45, 2.75) is 69.4 Å². The van der Waals surface area contributed by atoms with E-state index in [9.17, 15) is 4.79 Å². The smallest absolute Gasteiger partial charge is 0.271 e. The number of carbonyl (C=O) groups is 1. The quantitative estimate of drug-likeness (QED) is 0.454. The van der Waals surface area contributed by atoms with E-state index in [1.807, 2.05) is 6.26 Å². The van der Waals surface area contributed by atoms with Gasteiger partial charge < -0.3 is 20.9 Å². The molecule has 3 fully saturated rings. The lowest BCUT2D eigenvalue weighted by Gasteiger charge is -2.36. The van der Waals surface area contributed by atoms with Crippen molar-refractivity contribution in [3.05, 3.63) is 41.7 Å². The average molecular weight is 510 g/mol. The van der Waals surface area contributed by atoms with Gasteiger partial charge in [-0.3, -0.25) is 9.52 Å². The van der Waals surface area contributed by atoms with Gasteiger partial charge in [0.15, 0.2) is 11.5 Å². The number of anilines is 3. The lowest BCUT2D eigenvalue weighted by molar-refractivity contribution is 0.0996. The topological polar surface area (TPSA) is 99.4 Å². The van der Waals surface area contributed by atoms with Crippen LogP contribution >= 0.6 is 11.9 Å². The number of nitrogens with two attached hydrogens (primary N) is 1. The summed E-state index contributed by atoms with van der Waals surface area (Å²) < 4.78 is 3.45. The van der Waals surface area contributed by atoms with E-state index in [-0.39, 0.29) is 5.69 Å². The number of amides is 1. The van der Waals surface area contributed by atoms with Crippen LogP contribution in [-0.2, 0) is 0 Å². The van der Waals surface area contributed by atoms with Gasteiger partial charge in [0.25, 0.3) is 5.91 Å². The van der Waals surface area contributed by atoms with Gasteiger partial charge in [0.05, 0.1) is 6.20 Å². The Hall–Kier alpha value is -2.36. The third-order valence-corrected chi connectivity index (χ3v) is 8.61. The maximum absolute atomic E-state index is 12.1. The third kappa shape index (κ3) is 5.95. The highest BCUT2D eigenvalue weighted by Gasteiger charge is 2.28. The fourth-order valence-electron chi connectivity index (χ4n) is 6.09. The normalized spacial score (nSPS) is 22.1. The summed E-state index contributed by atoms with van der Waals surface area (Å²) in [4.78, 5) is 26.2. The molecule has 0 bridgehead atoms. The van der Waals surface area contributed by atoms with Gasteiger partial charge in [-0.1, -0.05) is 36.9 Å².